The highest BCUT2D eigenvalue weighted by atomic mass is 16.6. The zero-order chi connectivity index (χ0) is 22.1. The summed E-state index contributed by atoms with van der Waals surface area (Å²) in [6.45, 7) is 3.67. The van der Waals surface area contributed by atoms with Crippen molar-refractivity contribution < 1.29 is 19.6 Å². The summed E-state index contributed by atoms with van der Waals surface area (Å²) >= 11 is 0. The summed E-state index contributed by atoms with van der Waals surface area (Å²) in [6.07, 6.45) is 0. The maximum atomic E-state index is 12.8. The van der Waals surface area contributed by atoms with Gasteiger partial charge < -0.3 is 15.2 Å². The summed E-state index contributed by atoms with van der Waals surface area (Å²) < 4.78 is 6.79. The maximum absolute atomic E-state index is 12.8. The van der Waals surface area contributed by atoms with Gasteiger partial charge in [0.2, 0.25) is 5.95 Å². The molecule has 0 saturated carbocycles. The van der Waals surface area contributed by atoms with Gasteiger partial charge in [0.25, 0.3) is 5.69 Å². The smallest absolute Gasteiger partial charge is 0.338 e. The summed E-state index contributed by atoms with van der Waals surface area (Å²) in [5, 5.41) is 28.4. The monoisotopic (exact) mass is 421 g/mol. The topological polar surface area (TPSA) is 132 Å². The maximum Gasteiger partial charge on any atom is 0.338 e. The average Bonchev–Trinajstić information content (AvgIpc) is 3.17. The molecular formula is C21H19N5O5. The molecule has 1 aliphatic heterocycles. The molecule has 2 heterocycles. The summed E-state index contributed by atoms with van der Waals surface area (Å²) in [7, 11) is 0. The SMILES string of the molecule is CCOC(=O)C1=C(C)Nc2nc(-c3cccc([N+](=O)[O-])c3)nn2C1c1ccc(O)cc1. The number of nitrogens with one attached hydrogen (secondary N) is 1. The zero-order valence-electron chi connectivity index (χ0n) is 16.8. The van der Waals surface area contributed by atoms with Crippen LogP contribution in [0.2, 0.25) is 0 Å². The number of benzene rings is 2. The molecule has 0 aliphatic carbocycles. The third-order valence-electron chi connectivity index (χ3n) is 4.87. The van der Waals surface area contributed by atoms with Gasteiger partial charge in [0.15, 0.2) is 5.82 Å². The van der Waals surface area contributed by atoms with Crippen LogP contribution in [-0.4, -0.2) is 37.4 Å². The van der Waals surface area contributed by atoms with Gasteiger partial charge in [-0.05, 0) is 31.5 Å². The van der Waals surface area contributed by atoms with Crippen LogP contribution < -0.4 is 5.32 Å². The Labute approximate surface area is 177 Å². The number of fused-ring (bicyclic) bond motifs is 1. The van der Waals surface area contributed by atoms with E-state index in [1.165, 1.54) is 24.3 Å². The van der Waals surface area contributed by atoms with Gasteiger partial charge in [-0.25, -0.2) is 9.48 Å². The fraction of sp³-hybridized carbons (Fsp3) is 0.190. The fourth-order valence-electron chi connectivity index (χ4n) is 3.47. The number of hydrogen-bond acceptors (Lipinski definition) is 8. The van der Waals surface area contributed by atoms with E-state index in [-0.39, 0.29) is 23.9 Å². The molecule has 2 aromatic carbocycles. The largest absolute Gasteiger partial charge is 0.508 e. The highest BCUT2D eigenvalue weighted by Gasteiger charge is 2.35. The lowest BCUT2D eigenvalue weighted by Gasteiger charge is -2.28. The molecule has 0 fully saturated rings. The molecule has 3 aromatic rings. The Kier molecular flexibility index (Phi) is 5.12. The minimum Gasteiger partial charge on any atom is -0.508 e. The van der Waals surface area contributed by atoms with E-state index in [1.807, 2.05) is 0 Å². The van der Waals surface area contributed by atoms with Crippen LogP contribution in [0.25, 0.3) is 11.4 Å². The van der Waals surface area contributed by atoms with Gasteiger partial charge in [-0.3, -0.25) is 10.1 Å². The number of phenolic OH excluding ortho intramolecular Hbond substituents is 1. The van der Waals surface area contributed by atoms with Gasteiger partial charge in [0.05, 0.1) is 17.1 Å². The summed E-state index contributed by atoms with van der Waals surface area (Å²) in [4.78, 5) is 27.9. The minimum absolute atomic E-state index is 0.0742. The summed E-state index contributed by atoms with van der Waals surface area (Å²) in [5.74, 6) is 0.244. The van der Waals surface area contributed by atoms with Crippen LogP contribution in [0, 0.1) is 10.1 Å². The first kappa shape index (κ1) is 20.1. The number of non-ortho nitro benzene ring substituents is 1. The van der Waals surface area contributed by atoms with Gasteiger partial charge in [0.1, 0.15) is 11.8 Å². The molecule has 0 amide bonds. The number of anilines is 1. The Hall–Kier alpha value is -4.21. The van der Waals surface area contributed by atoms with Crippen molar-refractivity contribution in [3.05, 3.63) is 75.5 Å². The molecule has 10 heteroatoms. The number of allylic oxidation sites excluding steroid dienone is 1. The molecule has 2 N–H and O–H groups in total. The first-order chi connectivity index (χ1) is 14.9. The lowest BCUT2D eigenvalue weighted by atomic mass is 9.96. The van der Waals surface area contributed by atoms with E-state index in [4.69, 9.17) is 4.74 Å². The van der Waals surface area contributed by atoms with E-state index >= 15 is 0 Å². The highest BCUT2D eigenvalue weighted by Crippen LogP contribution is 2.37. The summed E-state index contributed by atoms with van der Waals surface area (Å²) in [5.41, 5.74) is 2.00. The zero-order valence-corrected chi connectivity index (χ0v) is 16.8. The number of esters is 1. The van der Waals surface area contributed by atoms with Crippen LogP contribution >= 0.6 is 0 Å². The number of ether oxygens (including phenoxy) is 1. The van der Waals surface area contributed by atoms with Gasteiger partial charge in [0, 0.05) is 23.4 Å². The van der Waals surface area contributed by atoms with Crippen LogP contribution in [0.15, 0.2) is 59.8 Å². The van der Waals surface area contributed by atoms with Gasteiger partial charge >= 0.3 is 5.97 Å². The van der Waals surface area contributed by atoms with Gasteiger partial charge in [-0.15, -0.1) is 5.10 Å². The third-order valence-corrected chi connectivity index (χ3v) is 4.87. The molecular weight excluding hydrogens is 402 g/mol. The van der Waals surface area contributed by atoms with Crippen LogP contribution in [0.3, 0.4) is 0 Å². The Balaban J connectivity index is 1.85. The number of carbonyl (C=O) groups is 1. The van der Waals surface area contributed by atoms with E-state index in [0.717, 1.165) is 0 Å². The number of phenols is 1. The van der Waals surface area contributed by atoms with Gasteiger partial charge in [-0.1, -0.05) is 24.3 Å². The van der Waals surface area contributed by atoms with Crippen molar-refractivity contribution in [2.75, 3.05) is 11.9 Å². The molecule has 4 rings (SSSR count). The van der Waals surface area contributed by atoms with Crippen LogP contribution in [0.4, 0.5) is 11.6 Å². The second kappa shape index (κ2) is 7.90. The molecule has 31 heavy (non-hydrogen) atoms. The number of hydrogen-bond donors (Lipinski definition) is 2. The van der Waals surface area contributed by atoms with E-state index in [1.54, 1.807) is 42.8 Å². The molecule has 0 bridgehead atoms. The van der Waals surface area contributed by atoms with Crippen molar-refractivity contribution in [2.24, 2.45) is 0 Å². The molecule has 1 unspecified atom stereocenters. The Morgan fingerprint density at radius 2 is 2.03 bits per heavy atom. The first-order valence-electron chi connectivity index (χ1n) is 9.54. The minimum atomic E-state index is -0.657. The predicted molar refractivity (Wildman–Crippen MR) is 111 cm³/mol. The molecule has 158 valence electrons. The number of aromatic hydroxyl groups is 1. The van der Waals surface area contributed by atoms with E-state index in [2.05, 4.69) is 15.4 Å². The number of nitro groups is 1. The first-order valence-corrected chi connectivity index (χ1v) is 9.54. The fourth-order valence-corrected chi connectivity index (χ4v) is 3.47. The lowest BCUT2D eigenvalue weighted by molar-refractivity contribution is -0.384. The van der Waals surface area contributed by atoms with Crippen LogP contribution in [0.5, 0.6) is 5.75 Å². The van der Waals surface area contributed by atoms with Crippen molar-refractivity contribution in [1.29, 1.82) is 0 Å². The number of rotatable bonds is 5. The highest BCUT2D eigenvalue weighted by molar-refractivity contribution is 5.92. The van der Waals surface area contributed by atoms with Crippen molar-refractivity contribution in [3.63, 3.8) is 0 Å². The van der Waals surface area contributed by atoms with Crippen molar-refractivity contribution in [1.82, 2.24) is 14.8 Å². The lowest BCUT2D eigenvalue weighted by Crippen LogP contribution is -2.29. The molecule has 0 saturated heterocycles. The second-order valence-corrected chi connectivity index (χ2v) is 6.89. The van der Waals surface area contributed by atoms with Crippen molar-refractivity contribution >= 4 is 17.6 Å². The van der Waals surface area contributed by atoms with Crippen LogP contribution in [-0.2, 0) is 9.53 Å². The Morgan fingerprint density at radius 1 is 1.29 bits per heavy atom. The van der Waals surface area contributed by atoms with Gasteiger partial charge in [-0.2, -0.15) is 4.98 Å². The molecule has 1 aliphatic rings. The predicted octanol–water partition coefficient (Wildman–Crippen LogP) is 3.41. The van der Waals surface area contributed by atoms with E-state index in [9.17, 15) is 20.0 Å². The van der Waals surface area contributed by atoms with Crippen molar-refractivity contribution in [3.8, 4) is 17.1 Å². The number of nitro benzene ring substituents is 1. The molecule has 10 nitrogen and oxygen atoms in total. The quantitative estimate of drug-likeness (QED) is 0.364. The average molecular weight is 421 g/mol. The van der Waals surface area contributed by atoms with Crippen molar-refractivity contribution in [2.45, 2.75) is 19.9 Å². The Bertz CT molecular complexity index is 1200. The van der Waals surface area contributed by atoms with E-state index < -0.39 is 16.9 Å². The molecule has 0 spiro atoms. The standard InChI is InChI=1S/C21H19N5O5/c1-3-31-20(28)17-12(2)22-21-23-19(14-5-4-6-15(11-14)26(29)30)24-25(21)18(17)13-7-9-16(27)10-8-13/h4-11,18,27H,3H2,1-2H3,(H,22,23,24). The molecule has 1 atom stereocenters. The van der Waals surface area contributed by atoms with Crippen LogP contribution in [0.1, 0.15) is 25.5 Å². The second-order valence-electron chi connectivity index (χ2n) is 6.89. The normalized spacial score (nSPS) is 15.2. The molecule has 1 aromatic heterocycles. The number of aromatic nitrogens is 3. The number of carbonyl (C=O) groups excluding carboxylic acids is 1. The third kappa shape index (κ3) is 3.70. The summed E-state index contributed by atoms with van der Waals surface area (Å²) in [6, 6.07) is 11.8. The number of nitrogens with zero attached hydrogens (tertiary/aromatic N) is 4. The van der Waals surface area contributed by atoms with E-state index in [0.29, 0.717) is 28.3 Å². The molecule has 0 radical (unpaired) electrons. The Morgan fingerprint density at radius 3 is 2.71 bits per heavy atom.